The van der Waals surface area contributed by atoms with Crippen LogP contribution in [0.1, 0.15) is 62.1 Å². The Kier molecular flexibility index (Phi) is 11.3. The van der Waals surface area contributed by atoms with Gasteiger partial charge in [-0.05, 0) is 36.5 Å². The van der Waals surface area contributed by atoms with E-state index in [-0.39, 0.29) is 37.7 Å². The highest BCUT2D eigenvalue weighted by Gasteiger charge is 2.36. The first-order valence-electron chi connectivity index (χ1n) is 13.2. The first kappa shape index (κ1) is 28.8. The van der Waals surface area contributed by atoms with E-state index in [1.54, 1.807) is 17.3 Å². The van der Waals surface area contributed by atoms with Gasteiger partial charge in [0.15, 0.2) is 0 Å². The Morgan fingerprint density at radius 2 is 1.61 bits per heavy atom. The molecule has 2 aromatic rings. The highest BCUT2D eigenvalue weighted by atomic mass is 16.5. The van der Waals surface area contributed by atoms with E-state index in [0.29, 0.717) is 25.8 Å². The zero-order valence-corrected chi connectivity index (χ0v) is 21.9. The summed E-state index contributed by atoms with van der Waals surface area (Å²) >= 11 is 0. The van der Waals surface area contributed by atoms with Crippen molar-refractivity contribution in [2.24, 2.45) is 0 Å². The van der Waals surface area contributed by atoms with Gasteiger partial charge in [0, 0.05) is 32.2 Å². The smallest absolute Gasteiger partial charge is 0.328 e. The molecule has 0 fully saturated rings. The Balaban J connectivity index is 1.68. The second-order valence-electron chi connectivity index (χ2n) is 9.46. The van der Waals surface area contributed by atoms with Crippen molar-refractivity contribution in [3.05, 3.63) is 71.3 Å². The van der Waals surface area contributed by atoms with Crippen LogP contribution >= 0.6 is 0 Å². The SMILES string of the molecule is CCOC(=O)[C@H](Cc1ccccc1)NC(=O)[C@@H]1Cc2ccccc2CN1C(=O)CCCCCCC(=O)NO. The molecule has 1 aliphatic rings. The summed E-state index contributed by atoms with van der Waals surface area (Å²) in [6.45, 7) is 2.25. The van der Waals surface area contributed by atoms with Crippen molar-refractivity contribution in [1.29, 1.82) is 0 Å². The Labute approximate surface area is 223 Å². The molecule has 9 nitrogen and oxygen atoms in total. The first-order chi connectivity index (χ1) is 18.4. The number of benzene rings is 2. The van der Waals surface area contributed by atoms with E-state index in [9.17, 15) is 19.2 Å². The van der Waals surface area contributed by atoms with Gasteiger partial charge in [-0.25, -0.2) is 10.3 Å². The number of ether oxygens (including phenoxy) is 1. The summed E-state index contributed by atoms with van der Waals surface area (Å²) in [4.78, 5) is 52.3. The molecule has 0 aliphatic carbocycles. The van der Waals surface area contributed by atoms with Crippen molar-refractivity contribution in [3.63, 3.8) is 0 Å². The van der Waals surface area contributed by atoms with Gasteiger partial charge >= 0.3 is 5.97 Å². The summed E-state index contributed by atoms with van der Waals surface area (Å²) < 4.78 is 5.23. The number of nitrogens with one attached hydrogen (secondary N) is 2. The summed E-state index contributed by atoms with van der Waals surface area (Å²) in [5.74, 6) is -1.43. The van der Waals surface area contributed by atoms with E-state index in [0.717, 1.165) is 29.5 Å². The summed E-state index contributed by atoms with van der Waals surface area (Å²) in [6, 6.07) is 15.6. The molecule has 1 heterocycles. The fourth-order valence-electron chi connectivity index (χ4n) is 4.69. The average Bonchev–Trinajstić information content (AvgIpc) is 2.94. The number of carbonyl (C=O) groups excluding carboxylic acids is 4. The predicted octanol–water partition coefficient (Wildman–Crippen LogP) is 3.08. The van der Waals surface area contributed by atoms with E-state index in [2.05, 4.69) is 5.32 Å². The molecule has 1 aliphatic heterocycles. The van der Waals surface area contributed by atoms with Crippen LogP contribution in [0.15, 0.2) is 54.6 Å². The molecule has 0 aromatic heterocycles. The number of esters is 1. The second-order valence-corrected chi connectivity index (χ2v) is 9.46. The minimum absolute atomic E-state index is 0.122. The van der Waals surface area contributed by atoms with Gasteiger partial charge in [-0.15, -0.1) is 0 Å². The van der Waals surface area contributed by atoms with Crippen molar-refractivity contribution in [2.45, 2.75) is 76.9 Å². The van der Waals surface area contributed by atoms with E-state index in [1.807, 2.05) is 54.6 Å². The lowest BCUT2D eigenvalue weighted by Gasteiger charge is -2.36. The van der Waals surface area contributed by atoms with Crippen LogP contribution in [0.25, 0.3) is 0 Å². The van der Waals surface area contributed by atoms with Crippen LogP contribution < -0.4 is 10.8 Å². The van der Waals surface area contributed by atoms with Gasteiger partial charge in [-0.1, -0.05) is 67.4 Å². The Morgan fingerprint density at radius 1 is 0.947 bits per heavy atom. The van der Waals surface area contributed by atoms with Crippen LogP contribution in [0.3, 0.4) is 0 Å². The van der Waals surface area contributed by atoms with Crippen LogP contribution in [0, 0.1) is 0 Å². The quantitative estimate of drug-likeness (QED) is 0.160. The van der Waals surface area contributed by atoms with E-state index in [1.165, 1.54) is 0 Å². The third kappa shape index (κ3) is 8.41. The van der Waals surface area contributed by atoms with Crippen LogP contribution in [-0.4, -0.2) is 52.5 Å². The number of carbonyl (C=O) groups is 4. The summed E-state index contributed by atoms with van der Waals surface area (Å²) in [6.07, 6.45) is 3.94. The molecule has 0 bridgehead atoms. The molecule has 0 radical (unpaired) electrons. The number of hydrogen-bond acceptors (Lipinski definition) is 6. The number of fused-ring (bicyclic) bond motifs is 1. The van der Waals surface area contributed by atoms with Crippen molar-refractivity contribution in [2.75, 3.05) is 6.61 Å². The Bertz CT molecular complexity index is 1090. The number of unbranched alkanes of at least 4 members (excludes halogenated alkanes) is 3. The summed E-state index contributed by atoms with van der Waals surface area (Å²) in [5.41, 5.74) is 4.52. The number of hydrogen-bond donors (Lipinski definition) is 3. The van der Waals surface area contributed by atoms with Crippen molar-refractivity contribution >= 4 is 23.7 Å². The molecule has 3 N–H and O–H groups in total. The summed E-state index contributed by atoms with van der Waals surface area (Å²) in [7, 11) is 0. The molecule has 0 saturated heterocycles. The van der Waals surface area contributed by atoms with Crippen LogP contribution in [0.5, 0.6) is 0 Å². The maximum Gasteiger partial charge on any atom is 0.328 e. The number of hydroxylamine groups is 1. The molecule has 2 atom stereocenters. The van der Waals surface area contributed by atoms with Gasteiger partial charge in [0.2, 0.25) is 17.7 Å². The zero-order valence-electron chi connectivity index (χ0n) is 21.9. The number of nitrogens with zero attached hydrogens (tertiary/aromatic N) is 1. The Morgan fingerprint density at radius 3 is 2.29 bits per heavy atom. The maximum atomic E-state index is 13.6. The first-order valence-corrected chi connectivity index (χ1v) is 13.2. The molecule has 2 aromatic carbocycles. The molecular formula is C29H37N3O6. The lowest BCUT2D eigenvalue weighted by molar-refractivity contribution is -0.149. The van der Waals surface area contributed by atoms with Gasteiger partial charge in [-0.3, -0.25) is 19.6 Å². The van der Waals surface area contributed by atoms with Gasteiger partial charge in [0.1, 0.15) is 12.1 Å². The Hall–Kier alpha value is -3.72. The van der Waals surface area contributed by atoms with Gasteiger partial charge in [-0.2, -0.15) is 0 Å². The van der Waals surface area contributed by atoms with Gasteiger partial charge in [0.25, 0.3) is 0 Å². The third-order valence-electron chi connectivity index (χ3n) is 6.71. The fraction of sp³-hybridized carbons (Fsp3) is 0.448. The van der Waals surface area contributed by atoms with E-state index in [4.69, 9.17) is 9.94 Å². The van der Waals surface area contributed by atoms with Crippen molar-refractivity contribution < 1.29 is 29.1 Å². The number of amides is 3. The highest BCUT2D eigenvalue weighted by molar-refractivity contribution is 5.91. The lowest BCUT2D eigenvalue weighted by Crippen LogP contribution is -2.56. The average molecular weight is 524 g/mol. The normalized spacial score (nSPS) is 15.2. The zero-order chi connectivity index (χ0) is 27.3. The molecule has 0 unspecified atom stereocenters. The molecule has 0 spiro atoms. The second kappa shape index (κ2) is 14.9. The van der Waals surface area contributed by atoms with Gasteiger partial charge in [0.05, 0.1) is 6.61 Å². The maximum absolute atomic E-state index is 13.6. The molecule has 3 rings (SSSR count). The van der Waals surface area contributed by atoms with Gasteiger partial charge < -0.3 is 15.0 Å². The molecule has 0 saturated carbocycles. The molecular weight excluding hydrogens is 486 g/mol. The van der Waals surface area contributed by atoms with Crippen molar-refractivity contribution in [3.8, 4) is 0 Å². The molecule has 9 heteroatoms. The van der Waals surface area contributed by atoms with Crippen LogP contribution in [0.4, 0.5) is 0 Å². The third-order valence-corrected chi connectivity index (χ3v) is 6.71. The molecule has 38 heavy (non-hydrogen) atoms. The standard InChI is InChI=1S/C29H37N3O6/c1-2-38-29(36)24(18-21-12-6-5-7-13-21)30-28(35)25-19-22-14-10-11-15-23(22)20-32(25)27(34)17-9-4-3-8-16-26(33)31-37/h5-7,10-15,24-25,37H,2-4,8-9,16-20H2,1H3,(H,30,35)(H,31,33)/t24-,25-/m0/s1. The predicted molar refractivity (Wildman–Crippen MR) is 141 cm³/mol. The monoisotopic (exact) mass is 523 g/mol. The highest BCUT2D eigenvalue weighted by Crippen LogP contribution is 2.25. The van der Waals surface area contributed by atoms with Crippen molar-refractivity contribution in [1.82, 2.24) is 15.7 Å². The van der Waals surface area contributed by atoms with E-state index >= 15 is 0 Å². The number of rotatable bonds is 13. The van der Waals surface area contributed by atoms with Crippen LogP contribution in [-0.2, 0) is 43.3 Å². The molecule has 204 valence electrons. The lowest BCUT2D eigenvalue weighted by atomic mass is 9.92. The minimum Gasteiger partial charge on any atom is -0.464 e. The van der Waals surface area contributed by atoms with E-state index < -0.39 is 24.0 Å². The topological polar surface area (TPSA) is 125 Å². The minimum atomic E-state index is -0.866. The fourth-order valence-corrected chi connectivity index (χ4v) is 4.69. The largest absolute Gasteiger partial charge is 0.464 e. The van der Waals surface area contributed by atoms with Crippen LogP contribution in [0.2, 0.25) is 0 Å². The molecule has 3 amide bonds. The summed E-state index contributed by atoms with van der Waals surface area (Å²) in [5, 5.41) is 11.4.